The van der Waals surface area contributed by atoms with Crippen LogP contribution in [0.5, 0.6) is 5.75 Å². The third kappa shape index (κ3) is 4.78. The summed E-state index contributed by atoms with van der Waals surface area (Å²) in [6.45, 7) is 1.39. The molecule has 0 bridgehead atoms. The van der Waals surface area contributed by atoms with Crippen LogP contribution < -0.4 is 15.8 Å². The highest BCUT2D eigenvalue weighted by Crippen LogP contribution is 2.29. The average Bonchev–Trinajstić information content (AvgIpc) is 2.57. The third-order valence-electron chi connectivity index (χ3n) is 3.27. The van der Waals surface area contributed by atoms with Crippen LogP contribution in [0.4, 0.5) is 11.4 Å². The van der Waals surface area contributed by atoms with Crippen molar-refractivity contribution in [1.29, 1.82) is 0 Å². The number of nitrogens with one attached hydrogen (secondary N) is 1. The maximum atomic E-state index is 12.1. The first kappa shape index (κ1) is 18.9. The summed E-state index contributed by atoms with van der Waals surface area (Å²) in [5, 5.41) is 3.15. The smallest absolute Gasteiger partial charge is 0.342 e. The number of methoxy groups -OCH3 is 1. The Bertz CT molecular complexity index is 825. The minimum atomic E-state index is -0.760. The number of carbonyl (C=O) groups excluding carboxylic acids is 2. The van der Waals surface area contributed by atoms with Crippen molar-refractivity contribution in [3.05, 3.63) is 51.5 Å². The van der Waals surface area contributed by atoms with Crippen LogP contribution in [0.15, 0.2) is 30.3 Å². The van der Waals surface area contributed by atoms with E-state index in [0.29, 0.717) is 10.7 Å². The molecule has 2 aromatic carbocycles. The van der Waals surface area contributed by atoms with Gasteiger partial charge >= 0.3 is 5.97 Å². The number of nitrogens with two attached hydrogens (primary N) is 1. The van der Waals surface area contributed by atoms with Crippen molar-refractivity contribution in [2.45, 2.75) is 6.92 Å². The molecule has 0 heterocycles. The van der Waals surface area contributed by atoms with E-state index in [2.05, 4.69) is 5.32 Å². The van der Waals surface area contributed by atoms with Crippen LogP contribution >= 0.6 is 23.2 Å². The number of ether oxygens (including phenoxy) is 2. The summed E-state index contributed by atoms with van der Waals surface area (Å²) in [5.74, 6) is -1.09. The SMILES string of the molecule is COc1cc(N)c(Cl)cc1C(=O)OCC(=O)Nc1ccc(C)cc1Cl. The molecule has 2 aromatic rings. The number of benzene rings is 2. The molecule has 0 spiro atoms. The van der Waals surface area contributed by atoms with Crippen molar-refractivity contribution in [3.63, 3.8) is 0 Å². The Kier molecular flexibility index (Phi) is 6.12. The van der Waals surface area contributed by atoms with E-state index in [1.165, 1.54) is 19.2 Å². The molecule has 1 amide bonds. The molecule has 132 valence electrons. The molecule has 3 N–H and O–H groups in total. The number of hydrogen-bond donors (Lipinski definition) is 2. The Morgan fingerprint density at radius 1 is 1.16 bits per heavy atom. The molecule has 0 saturated heterocycles. The van der Waals surface area contributed by atoms with Crippen LogP contribution in [0.25, 0.3) is 0 Å². The monoisotopic (exact) mass is 382 g/mol. The van der Waals surface area contributed by atoms with Gasteiger partial charge in [-0.2, -0.15) is 0 Å². The molecule has 0 aliphatic rings. The predicted molar refractivity (Wildman–Crippen MR) is 97.5 cm³/mol. The molecule has 25 heavy (non-hydrogen) atoms. The predicted octanol–water partition coefficient (Wildman–Crippen LogP) is 3.69. The second kappa shape index (κ2) is 8.09. The fraction of sp³-hybridized carbons (Fsp3) is 0.176. The van der Waals surface area contributed by atoms with Crippen molar-refractivity contribution in [2.24, 2.45) is 0 Å². The number of esters is 1. The van der Waals surface area contributed by atoms with Gasteiger partial charge in [0.1, 0.15) is 11.3 Å². The minimum Gasteiger partial charge on any atom is -0.496 e. The van der Waals surface area contributed by atoms with E-state index in [1.54, 1.807) is 18.2 Å². The summed E-state index contributed by atoms with van der Waals surface area (Å²) >= 11 is 11.9. The highest BCUT2D eigenvalue weighted by Gasteiger charge is 2.18. The van der Waals surface area contributed by atoms with Gasteiger partial charge in [0, 0.05) is 6.07 Å². The number of nitrogen functional groups attached to an aromatic ring is 1. The molecular weight excluding hydrogens is 367 g/mol. The van der Waals surface area contributed by atoms with Crippen molar-refractivity contribution < 1.29 is 19.1 Å². The topological polar surface area (TPSA) is 90.7 Å². The quantitative estimate of drug-likeness (QED) is 0.607. The maximum Gasteiger partial charge on any atom is 0.342 e. The normalized spacial score (nSPS) is 10.2. The van der Waals surface area contributed by atoms with Gasteiger partial charge in [-0.15, -0.1) is 0 Å². The number of hydrogen-bond acceptors (Lipinski definition) is 5. The Labute approximate surface area is 154 Å². The van der Waals surface area contributed by atoms with Gasteiger partial charge in [0.25, 0.3) is 5.91 Å². The lowest BCUT2D eigenvalue weighted by atomic mass is 10.2. The highest BCUT2D eigenvalue weighted by atomic mass is 35.5. The number of aryl methyl sites for hydroxylation is 1. The zero-order chi connectivity index (χ0) is 18.6. The Hall–Kier alpha value is -2.44. The second-order valence-corrected chi connectivity index (χ2v) is 6.00. The molecule has 0 atom stereocenters. The Balaban J connectivity index is 2.02. The standard InChI is InChI=1S/C17H16Cl2N2O4/c1-9-3-4-14(12(19)5-9)21-16(22)8-25-17(23)10-6-11(18)13(20)7-15(10)24-2/h3-7H,8,20H2,1-2H3,(H,21,22). The average molecular weight is 383 g/mol. The van der Waals surface area contributed by atoms with Crippen molar-refractivity contribution >= 4 is 46.5 Å². The van der Waals surface area contributed by atoms with Crippen molar-refractivity contribution in [1.82, 2.24) is 0 Å². The van der Waals surface area contributed by atoms with E-state index in [0.717, 1.165) is 5.56 Å². The number of carbonyl (C=O) groups is 2. The molecule has 0 unspecified atom stereocenters. The van der Waals surface area contributed by atoms with Gasteiger partial charge in [-0.3, -0.25) is 4.79 Å². The van der Waals surface area contributed by atoms with Crippen LogP contribution in [0.2, 0.25) is 10.0 Å². The molecule has 0 aliphatic heterocycles. The van der Waals surface area contributed by atoms with Crippen molar-refractivity contribution in [3.8, 4) is 5.75 Å². The van der Waals surface area contributed by atoms with E-state index in [4.69, 9.17) is 38.4 Å². The number of amides is 1. The van der Waals surface area contributed by atoms with Gasteiger partial charge in [0.2, 0.25) is 0 Å². The summed E-state index contributed by atoms with van der Waals surface area (Å²) in [5.41, 5.74) is 7.39. The molecule has 0 aliphatic carbocycles. The fourth-order valence-corrected chi connectivity index (χ4v) is 2.46. The lowest BCUT2D eigenvalue weighted by Crippen LogP contribution is -2.21. The van der Waals surface area contributed by atoms with E-state index in [1.807, 2.05) is 6.92 Å². The van der Waals surface area contributed by atoms with E-state index < -0.39 is 18.5 Å². The van der Waals surface area contributed by atoms with Crippen molar-refractivity contribution in [2.75, 3.05) is 24.8 Å². The summed E-state index contributed by atoms with van der Waals surface area (Å²) in [6, 6.07) is 7.91. The van der Waals surface area contributed by atoms with Gasteiger partial charge in [0.15, 0.2) is 6.61 Å². The van der Waals surface area contributed by atoms with Gasteiger partial charge < -0.3 is 20.5 Å². The maximum absolute atomic E-state index is 12.1. The summed E-state index contributed by atoms with van der Waals surface area (Å²) in [4.78, 5) is 24.1. The van der Waals surface area contributed by atoms with Gasteiger partial charge in [-0.1, -0.05) is 29.3 Å². The zero-order valence-electron chi connectivity index (χ0n) is 13.6. The third-order valence-corrected chi connectivity index (χ3v) is 3.91. The molecule has 0 aromatic heterocycles. The largest absolute Gasteiger partial charge is 0.496 e. The number of anilines is 2. The van der Waals surface area contributed by atoms with Gasteiger partial charge in [0.05, 0.1) is 28.5 Å². The van der Waals surface area contributed by atoms with Crippen LogP contribution in [0.1, 0.15) is 15.9 Å². The molecule has 8 heteroatoms. The van der Waals surface area contributed by atoms with Crippen LogP contribution in [-0.2, 0) is 9.53 Å². The number of rotatable bonds is 5. The van der Waals surface area contributed by atoms with Gasteiger partial charge in [-0.25, -0.2) is 4.79 Å². The van der Waals surface area contributed by atoms with Crippen LogP contribution in [0, 0.1) is 6.92 Å². The van der Waals surface area contributed by atoms with E-state index in [-0.39, 0.29) is 22.0 Å². The first-order valence-electron chi connectivity index (χ1n) is 7.18. The molecular formula is C17H16Cl2N2O4. The fourth-order valence-electron chi connectivity index (χ4n) is 2.01. The first-order chi connectivity index (χ1) is 11.8. The molecule has 0 radical (unpaired) electrons. The molecule has 0 fully saturated rings. The first-order valence-corrected chi connectivity index (χ1v) is 7.93. The van der Waals surface area contributed by atoms with E-state index >= 15 is 0 Å². The summed E-state index contributed by atoms with van der Waals surface area (Å²) in [7, 11) is 1.38. The minimum absolute atomic E-state index is 0.0721. The lowest BCUT2D eigenvalue weighted by molar-refractivity contribution is -0.119. The molecule has 6 nitrogen and oxygen atoms in total. The lowest BCUT2D eigenvalue weighted by Gasteiger charge is -2.11. The molecule has 0 saturated carbocycles. The summed E-state index contributed by atoms with van der Waals surface area (Å²) < 4.78 is 10.1. The van der Waals surface area contributed by atoms with Crippen LogP contribution in [0.3, 0.4) is 0 Å². The van der Waals surface area contributed by atoms with E-state index in [9.17, 15) is 9.59 Å². The zero-order valence-corrected chi connectivity index (χ0v) is 15.1. The highest BCUT2D eigenvalue weighted by molar-refractivity contribution is 6.34. The molecule has 2 rings (SSSR count). The summed E-state index contributed by atoms with van der Waals surface area (Å²) in [6.07, 6.45) is 0. The Morgan fingerprint density at radius 3 is 2.52 bits per heavy atom. The number of halogens is 2. The second-order valence-electron chi connectivity index (χ2n) is 5.18. The van der Waals surface area contributed by atoms with Gasteiger partial charge in [-0.05, 0) is 30.7 Å². The Morgan fingerprint density at radius 2 is 1.88 bits per heavy atom. The van der Waals surface area contributed by atoms with Crippen LogP contribution in [-0.4, -0.2) is 25.6 Å².